The predicted molar refractivity (Wildman–Crippen MR) is 68.1 cm³/mol. The van der Waals surface area contributed by atoms with Crippen LogP contribution in [-0.4, -0.2) is 35.7 Å². The second-order valence-corrected chi connectivity index (χ2v) is 5.59. The lowest BCUT2D eigenvalue weighted by molar-refractivity contribution is 0.0187. The third-order valence-corrected chi connectivity index (χ3v) is 3.39. The summed E-state index contributed by atoms with van der Waals surface area (Å²) in [5, 5.41) is 9.69. The van der Waals surface area contributed by atoms with E-state index in [2.05, 4.69) is 4.98 Å². The molecule has 0 aromatic carbocycles. The molecule has 0 aliphatic carbocycles. The first kappa shape index (κ1) is 16.0. The van der Waals surface area contributed by atoms with E-state index in [4.69, 9.17) is 9.84 Å². The summed E-state index contributed by atoms with van der Waals surface area (Å²) in [5.74, 6) is -0.684. The number of carboxylic acid groups (broad SMARTS) is 1. The van der Waals surface area contributed by atoms with Crippen molar-refractivity contribution >= 4 is 17.3 Å². The number of aromatic nitrogens is 1. The normalized spacial score (nSPS) is 11.5. The summed E-state index contributed by atoms with van der Waals surface area (Å²) in [4.78, 5) is 15.6. The lowest BCUT2D eigenvalue weighted by Crippen LogP contribution is -2.07. The van der Waals surface area contributed by atoms with Crippen LogP contribution in [0, 0.1) is 5.92 Å². The zero-order valence-electron chi connectivity index (χ0n) is 10.9. The zero-order valence-corrected chi connectivity index (χ0v) is 11.7. The molecule has 19 heavy (non-hydrogen) atoms. The molecule has 0 saturated carbocycles. The summed E-state index contributed by atoms with van der Waals surface area (Å²) in [5.41, 5.74) is 0.566. The first-order valence-corrected chi connectivity index (χ1v) is 6.79. The van der Waals surface area contributed by atoms with E-state index in [1.807, 2.05) is 13.8 Å². The van der Waals surface area contributed by atoms with E-state index >= 15 is 0 Å². The molecule has 0 aliphatic rings. The average Bonchev–Trinajstić information content (AvgIpc) is 2.66. The predicted octanol–water partition coefficient (Wildman–Crippen LogP) is 2.86. The van der Waals surface area contributed by atoms with Gasteiger partial charge in [-0.25, -0.2) is 18.6 Å². The maximum Gasteiger partial charge on any atom is 0.347 e. The molecule has 7 heteroatoms. The molecule has 0 atom stereocenters. The van der Waals surface area contributed by atoms with E-state index < -0.39 is 19.0 Å². The topological polar surface area (TPSA) is 59.4 Å². The summed E-state index contributed by atoms with van der Waals surface area (Å²) in [6.45, 7) is 3.49. The first-order chi connectivity index (χ1) is 8.90. The van der Waals surface area contributed by atoms with Gasteiger partial charge in [0.05, 0.1) is 17.3 Å². The molecular weight excluding hydrogens is 276 g/mol. The highest BCUT2D eigenvalue weighted by molar-refractivity contribution is 7.13. The highest BCUT2D eigenvalue weighted by atomic mass is 32.1. The van der Waals surface area contributed by atoms with Crippen LogP contribution in [0.1, 0.15) is 34.2 Å². The Morgan fingerprint density at radius 2 is 2.16 bits per heavy atom. The molecular formula is C12H17F2NO3S. The maximum absolute atomic E-state index is 11.9. The van der Waals surface area contributed by atoms with Gasteiger partial charge < -0.3 is 9.84 Å². The number of rotatable bonds is 8. The van der Waals surface area contributed by atoms with Gasteiger partial charge in [0.2, 0.25) is 0 Å². The number of hydrogen-bond donors (Lipinski definition) is 1. The van der Waals surface area contributed by atoms with Gasteiger partial charge in [-0.2, -0.15) is 0 Å². The Morgan fingerprint density at radius 1 is 1.47 bits per heavy atom. The number of aromatic carboxylic acids is 1. The van der Waals surface area contributed by atoms with Crippen LogP contribution in [0.15, 0.2) is 0 Å². The highest BCUT2D eigenvalue weighted by Gasteiger charge is 2.18. The van der Waals surface area contributed by atoms with Crippen molar-refractivity contribution in [3.8, 4) is 0 Å². The standard InChI is InChI=1S/C12H17F2NO3S/c1-7(2)5-8-11(12(16)17)19-10(15-8)3-4-18-6-9(13)14/h7,9H,3-6H2,1-2H3,(H,16,17). The molecule has 0 amide bonds. The van der Waals surface area contributed by atoms with Gasteiger partial charge in [-0.3, -0.25) is 0 Å². The summed E-state index contributed by atoms with van der Waals surface area (Å²) in [6, 6.07) is 0. The van der Waals surface area contributed by atoms with Gasteiger partial charge in [0.15, 0.2) is 0 Å². The fourth-order valence-corrected chi connectivity index (χ4v) is 2.44. The van der Waals surface area contributed by atoms with Crippen molar-refractivity contribution in [2.24, 2.45) is 5.92 Å². The molecule has 0 fully saturated rings. The molecule has 108 valence electrons. The monoisotopic (exact) mass is 293 g/mol. The van der Waals surface area contributed by atoms with Crippen LogP contribution < -0.4 is 0 Å². The molecule has 0 spiro atoms. The molecule has 1 rings (SSSR count). The molecule has 1 N–H and O–H groups in total. The Balaban J connectivity index is 2.61. The minimum Gasteiger partial charge on any atom is -0.477 e. The summed E-state index contributed by atoms with van der Waals surface area (Å²) < 4.78 is 28.5. The van der Waals surface area contributed by atoms with Crippen molar-refractivity contribution in [1.29, 1.82) is 0 Å². The maximum atomic E-state index is 11.9. The number of carbonyl (C=O) groups is 1. The van der Waals surface area contributed by atoms with E-state index in [1.165, 1.54) is 0 Å². The Morgan fingerprint density at radius 3 is 2.68 bits per heavy atom. The largest absolute Gasteiger partial charge is 0.477 e. The summed E-state index contributed by atoms with van der Waals surface area (Å²) in [6.07, 6.45) is -1.53. The second-order valence-electron chi connectivity index (χ2n) is 4.50. The zero-order chi connectivity index (χ0) is 14.4. The second kappa shape index (κ2) is 7.49. The quantitative estimate of drug-likeness (QED) is 0.749. The van der Waals surface area contributed by atoms with Crippen molar-refractivity contribution in [3.63, 3.8) is 0 Å². The number of hydrogen-bond acceptors (Lipinski definition) is 4. The number of carboxylic acids is 1. The Bertz CT molecular complexity index is 421. The Labute approximate surface area is 114 Å². The average molecular weight is 293 g/mol. The third kappa shape index (κ3) is 5.61. The Hall–Kier alpha value is -1.08. The van der Waals surface area contributed by atoms with Gasteiger partial charge in [-0.05, 0) is 12.3 Å². The van der Waals surface area contributed by atoms with Gasteiger partial charge in [-0.1, -0.05) is 13.8 Å². The lowest BCUT2D eigenvalue weighted by Gasteiger charge is -2.02. The highest BCUT2D eigenvalue weighted by Crippen LogP contribution is 2.22. The smallest absolute Gasteiger partial charge is 0.347 e. The van der Waals surface area contributed by atoms with E-state index in [-0.39, 0.29) is 11.5 Å². The molecule has 0 saturated heterocycles. The van der Waals surface area contributed by atoms with E-state index in [1.54, 1.807) is 0 Å². The molecule has 0 aliphatic heterocycles. The molecule has 1 aromatic heterocycles. The summed E-state index contributed by atoms with van der Waals surface area (Å²) >= 11 is 1.09. The van der Waals surface area contributed by atoms with Crippen LogP contribution in [0.4, 0.5) is 8.78 Å². The van der Waals surface area contributed by atoms with Crippen LogP contribution in [0.3, 0.4) is 0 Å². The van der Waals surface area contributed by atoms with Gasteiger partial charge in [0.25, 0.3) is 6.43 Å². The number of halogens is 2. The molecule has 0 bridgehead atoms. The van der Waals surface area contributed by atoms with E-state index in [0.29, 0.717) is 29.5 Å². The number of thiazole rings is 1. The van der Waals surface area contributed by atoms with Crippen LogP contribution >= 0.6 is 11.3 Å². The minimum absolute atomic E-state index is 0.123. The van der Waals surface area contributed by atoms with Crippen LogP contribution in [-0.2, 0) is 17.6 Å². The fraction of sp³-hybridized carbons (Fsp3) is 0.667. The van der Waals surface area contributed by atoms with Crippen LogP contribution in [0.25, 0.3) is 0 Å². The van der Waals surface area contributed by atoms with Crippen molar-refractivity contribution in [2.45, 2.75) is 33.1 Å². The third-order valence-electron chi connectivity index (χ3n) is 2.24. The first-order valence-electron chi connectivity index (χ1n) is 5.98. The lowest BCUT2D eigenvalue weighted by atomic mass is 10.1. The minimum atomic E-state index is -2.48. The van der Waals surface area contributed by atoms with Crippen molar-refractivity contribution in [2.75, 3.05) is 13.2 Å². The number of alkyl halides is 2. The van der Waals surface area contributed by atoms with Gasteiger partial charge in [-0.15, -0.1) is 11.3 Å². The summed E-state index contributed by atoms with van der Waals surface area (Å²) in [7, 11) is 0. The van der Waals surface area contributed by atoms with E-state index in [0.717, 1.165) is 11.3 Å². The molecule has 0 unspecified atom stereocenters. The SMILES string of the molecule is CC(C)Cc1nc(CCOCC(F)F)sc1C(=O)O. The van der Waals surface area contributed by atoms with Crippen molar-refractivity contribution in [3.05, 3.63) is 15.6 Å². The van der Waals surface area contributed by atoms with E-state index in [9.17, 15) is 13.6 Å². The van der Waals surface area contributed by atoms with Crippen molar-refractivity contribution < 1.29 is 23.4 Å². The molecule has 1 heterocycles. The number of ether oxygens (including phenoxy) is 1. The van der Waals surface area contributed by atoms with Crippen LogP contribution in [0.2, 0.25) is 0 Å². The Kier molecular flexibility index (Phi) is 6.30. The van der Waals surface area contributed by atoms with Gasteiger partial charge >= 0.3 is 5.97 Å². The van der Waals surface area contributed by atoms with Gasteiger partial charge in [0.1, 0.15) is 11.5 Å². The van der Waals surface area contributed by atoms with Crippen LogP contribution in [0.5, 0.6) is 0 Å². The number of nitrogens with zero attached hydrogens (tertiary/aromatic N) is 1. The van der Waals surface area contributed by atoms with Gasteiger partial charge in [0, 0.05) is 6.42 Å². The molecule has 0 radical (unpaired) electrons. The fourth-order valence-electron chi connectivity index (χ4n) is 1.53. The van der Waals surface area contributed by atoms with Crippen molar-refractivity contribution in [1.82, 2.24) is 4.98 Å². The molecule has 1 aromatic rings. The molecule has 4 nitrogen and oxygen atoms in total.